The fourth-order valence-electron chi connectivity index (χ4n) is 2.62. The molecular weight excluding hydrogens is 320 g/mol. The Morgan fingerprint density at radius 1 is 0.960 bits per heavy atom. The molecular formula is C19H20N2O4. The average molecular weight is 340 g/mol. The largest absolute Gasteiger partial charge is 0.486 e. The molecule has 1 aliphatic heterocycles. The summed E-state index contributed by atoms with van der Waals surface area (Å²) < 4.78 is 10.9. The van der Waals surface area contributed by atoms with E-state index in [1.807, 2.05) is 31.2 Å². The molecule has 0 saturated carbocycles. The minimum absolute atomic E-state index is 0.257. The van der Waals surface area contributed by atoms with Crippen LogP contribution in [0.15, 0.2) is 42.5 Å². The molecule has 0 aromatic heterocycles. The summed E-state index contributed by atoms with van der Waals surface area (Å²) in [6.45, 7) is 3.00. The first-order chi connectivity index (χ1) is 12.2. The summed E-state index contributed by atoms with van der Waals surface area (Å²) in [5.41, 5.74) is 2.33. The van der Waals surface area contributed by atoms with E-state index in [0.29, 0.717) is 30.4 Å². The van der Waals surface area contributed by atoms with Gasteiger partial charge in [0.15, 0.2) is 11.5 Å². The quantitative estimate of drug-likeness (QED) is 0.821. The molecule has 1 aliphatic rings. The van der Waals surface area contributed by atoms with Crippen molar-refractivity contribution in [3.8, 4) is 11.5 Å². The van der Waals surface area contributed by atoms with Crippen LogP contribution < -0.4 is 20.1 Å². The highest BCUT2D eigenvalue weighted by Crippen LogP contribution is 2.32. The van der Waals surface area contributed by atoms with E-state index in [2.05, 4.69) is 10.6 Å². The number of benzene rings is 2. The lowest BCUT2D eigenvalue weighted by molar-refractivity contribution is -0.123. The van der Waals surface area contributed by atoms with E-state index in [-0.39, 0.29) is 18.2 Å². The van der Waals surface area contributed by atoms with Crippen LogP contribution in [-0.2, 0) is 16.0 Å². The Labute approximate surface area is 146 Å². The normalized spacial score (nSPS) is 12.4. The Hall–Kier alpha value is -3.02. The highest BCUT2D eigenvalue weighted by atomic mass is 16.6. The number of hydrogen-bond donors (Lipinski definition) is 2. The van der Waals surface area contributed by atoms with Gasteiger partial charge in [-0.1, -0.05) is 25.1 Å². The van der Waals surface area contributed by atoms with Gasteiger partial charge in [-0.3, -0.25) is 9.59 Å². The van der Waals surface area contributed by atoms with Gasteiger partial charge in [-0.05, 0) is 30.2 Å². The lowest BCUT2D eigenvalue weighted by atomic mass is 10.1. The van der Waals surface area contributed by atoms with E-state index in [9.17, 15) is 9.59 Å². The standard InChI is InChI=1S/C19H20N2O4/c1-2-13-5-3-4-6-15(13)21-19(23)12-18(22)20-14-7-8-16-17(11-14)25-10-9-24-16/h3-8,11H,2,9-10,12H2,1H3,(H,20,22)(H,21,23). The van der Waals surface area contributed by atoms with Crippen molar-refractivity contribution < 1.29 is 19.1 Å². The molecule has 0 unspecified atom stereocenters. The summed E-state index contributed by atoms with van der Waals surface area (Å²) in [6, 6.07) is 12.7. The van der Waals surface area contributed by atoms with Crippen molar-refractivity contribution in [2.45, 2.75) is 19.8 Å². The van der Waals surface area contributed by atoms with Crippen molar-refractivity contribution in [1.82, 2.24) is 0 Å². The fraction of sp³-hybridized carbons (Fsp3) is 0.263. The smallest absolute Gasteiger partial charge is 0.233 e. The van der Waals surface area contributed by atoms with Crippen LogP contribution >= 0.6 is 0 Å². The molecule has 2 aromatic rings. The zero-order valence-electron chi connectivity index (χ0n) is 14.0. The van der Waals surface area contributed by atoms with E-state index in [1.54, 1.807) is 18.2 Å². The third kappa shape index (κ3) is 4.29. The van der Waals surface area contributed by atoms with Crippen LogP contribution in [0.2, 0.25) is 0 Å². The van der Waals surface area contributed by atoms with E-state index < -0.39 is 0 Å². The van der Waals surface area contributed by atoms with Gasteiger partial charge in [0.2, 0.25) is 11.8 Å². The molecule has 0 spiro atoms. The minimum Gasteiger partial charge on any atom is -0.486 e. The summed E-state index contributed by atoms with van der Waals surface area (Å²) in [5, 5.41) is 5.49. The maximum Gasteiger partial charge on any atom is 0.233 e. The highest BCUT2D eigenvalue weighted by molar-refractivity contribution is 6.08. The molecule has 3 rings (SSSR count). The number of para-hydroxylation sites is 1. The number of ether oxygens (including phenoxy) is 2. The average Bonchev–Trinajstić information content (AvgIpc) is 2.62. The van der Waals surface area contributed by atoms with Crippen LogP contribution in [0.1, 0.15) is 18.9 Å². The molecule has 0 atom stereocenters. The number of anilines is 2. The molecule has 2 N–H and O–H groups in total. The van der Waals surface area contributed by atoms with Crippen LogP contribution in [0.3, 0.4) is 0 Å². The zero-order chi connectivity index (χ0) is 17.6. The molecule has 0 fully saturated rings. The number of carbonyl (C=O) groups excluding carboxylic acids is 2. The summed E-state index contributed by atoms with van der Waals surface area (Å²) in [5.74, 6) is 0.502. The molecule has 0 aliphatic carbocycles. The molecule has 2 amide bonds. The zero-order valence-corrected chi connectivity index (χ0v) is 14.0. The molecule has 130 valence electrons. The van der Waals surface area contributed by atoms with Crippen LogP contribution in [0.4, 0.5) is 11.4 Å². The molecule has 1 heterocycles. The van der Waals surface area contributed by atoms with Crippen molar-refractivity contribution in [1.29, 1.82) is 0 Å². The Balaban J connectivity index is 1.58. The van der Waals surface area contributed by atoms with Gasteiger partial charge in [-0.2, -0.15) is 0 Å². The second-order valence-corrected chi connectivity index (χ2v) is 5.64. The van der Waals surface area contributed by atoms with Gasteiger partial charge in [-0.15, -0.1) is 0 Å². The van der Waals surface area contributed by atoms with E-state index in [0.717, 1.165) is 17.7 Å². The van der Waals surface area contributed by atoms with Crippen LogP contribution in [-0.4, -0.2) is 25.0 Å². The van der Waals surface area contributed by atoms with E-state index >= 15 is 0 Å². The fourth-order valence-corrected chi connectivity index (χ4v) is 2.62. The summed E-state index contributed by atoms with van der Waals surface area (Å²) in [4.78, 5) is 24.2. The first kappa shape index (κ1) is 16.8. The molecule has 6 nitrogen and oxygen atoms in total. The first-order valence-corrected chi connectivity index (χ1v) is 8.23. The Morgan fingerprint density at radius 2 is 1.68 bits per heavy atom. The predicted molar refractivity (Wildman–Crippen MR) is 95.1 cm³/mol. The van der Waals surface area contributed by atoms with Crippen LogP contribution in [0.5, 0.6) is 11.5 Å². The summed E-state index contributed by atoms with van der Waals surface area (Å²) in [6.07, 6.45) is 0.548. The Bertz CT molecular complexity index is 789. The number of nitrogens with one attached hydrogen (secondary N) is 2. The second kappa shape index (κ2) is 7.70. The van der Waals surface area contributed by atoms with Gasteiger partial charge in [-0.25, -0.2) is 0 Å². The topological polar surface area (TPSA) is 76.7 Å². The summed E-state index contributed by atoms with van der Waals surface area (Å²) >= 11 is 0. The lowest BCUT2D eigenvalue weighted by Gasteiger charge is -2.19. The van der Waals surface area contributed by atoms with Crippen LogP contribution in [0, 0.1) is 0 Å². The van der Waals surface area contributed by atoms with Crippen LogP contribution in [0.25, 0.3) is 0 Å². The maximum atomic E-state index is 12.1. The van der Waals surface area contributed by atoms with Gasteiger partial charge in [0, 0.05) is 17.4 Å². The van der Waals surface area contributed by atoms with Crippen molar-refractivity contribution >= 4 is 23.2 Å². The van der Waals surface area contributed by atoms with Crippen molar-refractivity contribution in [3.05, 3.63) is 48.0 Å². The molecule has 0 bridgehead atoms. The molecule has 6 heteroatoms. The minimum atomic E-state index is -0.386. The van der Waals surface area contributed by atoms with Gasteiger partial charge in [0.1, 0.15) is 19.6 Å². The molecule has 2 aromatic carbocycles. The SMILES string of the molecule is CCc1ccccc1NC(=O)CC(=O)Nc1ccc2c(c1)OCCO2. The number of rotatable bonds is 5. The third-order valence-electron chi connectivity index (χ3n) is 3.82. The number of carbonyl (C=O) groups is 2. The predicted octanol–water partition coefficient (Wildman–Crippen LogP) is 2.99. The molecule has 0 saturated heterocycles. The lowest BCUT2D eigenvalue weighted by Crippen LogP contribution is -2.22. The highest BCUT2D eigenvalue weighted by Gasteiger charge is 2.15. The molecule has 0 radical (unpaired) electrons. The van der Waals surface area contributed by atoms with E-state index in [4.69, 9.17) is 9.47 Å². The number of hydrogen-bond acceptors (Lipinski definition) is 4. The Morgan fingerprint density at radius 3 is 2.48 bits per heavy atom. The number of amides is 2. The van der Waals surface area contributed by atoms with Gasteiger partial charge >= 0.3 is 0 Å². The van der Waals surface area contributed by atoms with Gasteiger partial charge < -0.3 is 20.1 Å². The van der Waals surface area contributed by atoms with E-state index in [1.165, 1.54) is 0 Å². The van der Waals surface area contributed by atoms with Crippen molar-refractivity contribution in [2.24, 2.45) is 0 Å². The van der Waals surface area contributed by atoms with Crippen molar-refractivity contribution in [3.63, 3.8) is 0 Å². The maximum absolute atomic E-state index is 12.1. The molecule has 25 heavy (non-hydrogen) atoms. The number of fused-ring (bicyclic) bond motifs is 1. The third-order valence-corrected chi connectivity index (χ3v) is 3.82. The Kier molecular flexibility index (Phi) is 5.18. The first-order valence-electron chi connectivity index (χ1n) is 8.23. The van der Waals surface area contributed by atoms with Gasteiger partial charge in [0.25, 0.3) is 0 Å². The summed E-state index contributed by atoms with van der Waals surface area (Å²) in [7, 11) is 0. The monoisotopic (exact) mass is 340 g/mol. The van der Waals surface area contributed by atoms with Gasteiger partial charge in [0.05, 0.1) is 0 Å². The number of aryl methyl sites for hydroxylation is 1. The van der Waals surface area contributed by atoms with Crippen molar-refractivity contribution in [2.75, 3.05) is 23.8 Å². The second-order valence-electron chi connectivity index (χ2n) is 5.64.